The van der Waals surface area contributed by atoms with Gasteiger partial charge >= 0.3 is 0 Å². The van der Waals surface area contributed by atoms with Gasteiger partial charge in [0.25, 0.3) is 0 Å². The standard InChI is InChI=1S/C4H7NO.C3H9N.ClH/c1-3-4(6)5-2;1-4(2)3;/h3H,1H2,2H3,(H,5,6);1-3H3;1H. The molecule has 1 amide bonds. The molecular weight excluding hydrogens is 164 g/mol. The maximum atomic E-state index is 9.95. The maximum Gasteiger partial charge on any atom is 0.243 e. The van der Waals surface area contributed by atoms with Gasteiger partial charge in [0.1, 0.15) is 0 Å². The maximum absolute atomic E-state index is 9.95. The lowest BCUT2D eigenvalue weighted by Gasteiger charge is -1.88. The van der Waals surface area contributed by atoms with Crippen molar-refractivity contribution < 1.29 is 22.1 Å². The largest absolute Gasteiger partial charge is 1.00 e. The number of carbonyl (C=O) groups excluding carboxylic acids is 1. The summed E-state index contributed by atoms with van der Waals surface area (Å²) in [5.74, 6) is -0.144. The molecular formula is C7H17ClN2O. The lowest BCUT2D eigenvalue weighted by atomic mass is 10.6. The van der Waals surface area contributed by atoms with Gasteiger partial charge in [-0.15, -0.1) is 0 Å². The molecule has 0 atom stereocenters. The first-order valence-electron chi connectivity index (χ1n) is 3.15. The van der Waals surface area contributed by atoms with Gasteiger partial charge in [0.2, 0.25) is 5.91 Å². The van der Waals surface area contributed by atoms with Crippen molar-refractivity contribution in [3.8, 4) is 0 Å². The lowest BCUT2D eigenvalue weighted by molar-refractivity contribution is -0.836. The molecule has 0 aliphatic rings. The SMILES string of the molecule is C=CC(=O)NC.C[NH+](C)C.[Cl-]. The van der Waals surface area contributed by atoms with Crippen LogP contribution in [0.2, 0.25) is 0 Å². The number of halogens is 1. The van der Waals surface area contributed by atoms with Crippen molar-refractivity contribution in [2.75, 3.05) is 28.2 Å². The van der Waals surface area contributed by atoms with E-state index in [9.17, 15) is 4.79 Å². The first-order valence-corrected chi connectivity index (χ1v) is 3.15. The highest BCUT2D eigenvalue weighted by Gasteiger charge is 1.78. The van der Waals surface area contributed by atoms with E-state index in [1.165, 1.54) is 11.0 Å². The van der Waals surface area contributed by atoms with Gasteiger partial charge in [0, 0.05) is 7.05 Å². The summed E-state index contributed by atoms with van der Waals surface area (Å²) in [4.78, 5) is 11.4. The van der Waals surface area contributed by atoms with Crippen molar-refractivity contribution in [3.63, 3.8) is 0 Å². The van der Waals surface area contributed by atoms with E-state index in [4.69, 9.17) is 0 Å². The number of amides is 1. The molecule has 0 aromatic rings. The van der Waals surface area contributed by atoms with Crippen LogP contribution < -0.4 is 22.6 Å². The van der Waals surface area contributed by atoms with Crippen molar-refractivity contribution in [1.29, 1.82) is 0 Å². The van der Waals surface area contributed by atoms with Gasteiger partial charge in [-0.3, -0.25) is 4.79 Å². The monoisotopic (exact) mass is 180 g/mol. The van der Waals surface area contributed by atoms with E-state index >= 15 is 0 Å². The highest BCUT2D eigenvalue weighted by atomic mass is 35.5. The molecule has 2 N–H and O–H groups in total. The molecule has 3 nitrogen and oxygen atoms in total. The van der Waals surface area contributed by atoms with Gasteiger partial charge in [0.05, 0.1) is 21.1 Å². The van der Waals surface area contributed by atoms with Gasteiger partial charge in [-0.2, -0.15) is 0 Å². The Morgan fingerprint density at radius 2 is 1.73 bits per heavy atom. The third-order valence-corrected chi connectivity index (χ3v) is 0.432. The third-order valence-electron chi connectivity index (χ3n) is 0.432. The Bertz CT molecular complexity index is 102. The second kappa shape index (κ2) is 12.2. The molecule has 68 valence electrons. The molecule has 0 radical (unpaired) electrons. The van der Waals surface area contributed by atoms with Crippen LogP contribution in [0.3, 0.4) is 0 Å². The second-order valence-corrected chi connectivity index (χ2v) is 2.32. The second-order valence-electron chi connectivity index (χ2n) is 2.32. The number of hydrogen-bond donors (Lipinski definition) is 2. The van der Waals surface area contributed by atoms with Crippen molar-refractivity contribution >= 4 is 5.91 Å². The number of carbonyl (C=O) groups is 1. The van der Waals surface area contributed by atoms with E-state index in [1.807, 2.05) is 0 Å². The molecule has 0 bridgehead atoms. The number of quaternary nitrogens is 1. The minimum Gasteiger partial charge on any atom is -1.00 e. The Morgan fingerprint density at radius 3 is 1.73 bits per heavy atom. The zero-order valence-electron chi connectivity index (χ0n) is 7.57. The van der Waals surface area contributed by atoms with Crippen LogP contribution in [0.5, 0.6) is 0 Å². The molecule has 0 unspecified atom stereocenters. The molecule has 0 saturated heterocycles. The zero-order chi connectivity index (χ0) is 8.57. The quantitative estimate of drug-likeness (QED) is 0.394. The van der Waals surface area contributed by atoms with Crippen LogP contribution in [0.25, 0.3) is 0 Å². The minimum atomic E-state index is -0.144. The molecule has 0 spiro atoms. The van der Waals surface area contributed by atoms with Crippen LogP contribution in [-0.4, -0.2) is 34.1 Å². The Balaban J connectivity index is -0.000000114. The van der Waals surface area contributed by atoms with Crippen LogP contribution in [0, 0.1) is 0 Å². The van der Waals surface area contributed by atoms with E-state index in [0.29, 0.717) is 0 Å². The summed E-state index contributed by atoms with van der Waals surface area (Å²) >= 11 is 0. The fourth-order valence-electron chi connectivity index (χ4n) is 0.102. The third kappa shape index (κ3) is 44.0. The molecule has 0 aliphatic heterocycles. The summed E-state index contributed by atoms with van der Waals surface area (Å²) < 4.78 is 0. The molecule has 0 rings (SSSR count). The molecule has 0 aliphatic carbocycles. The normalized spacial score (nSPS) is 7.00. The Morgan fingerprint density at radius 1 is 1.45 bits per heavy atom. The fourth-order valence-corrected chi connectivity index (χ4v) is 0.102. The molecule has 0 fully saturated rings. The first kappa shape index (κ1) is 16.8. The van der Waals surface area contributed by atoms with Crippen molar-refractivity contribution in [3.05, 3.63) is 12.7 Å². The first-order chi connectivity index (χ1) is 4.54. The van der Waals surface area contributed by atoms with Gasteiger partial charge in [0.15, 0.2) is 0 Å². The number of likely N-dealkylation sites (N-methyl/N-ethyl adjacent to an activating group) is 1. The Labute approximate surface area is 74.9 Å². The Hall–Kier alpha value is -0.540. The van der Waals surface area contributed by atoms with Gasteiger partial charge < -0.3 is 22.6 Å². The van der Waals surface area contributed by atoms with E-state index in [1.54, 1.807) is 7.05 Å². The van der Waals surface area contributed by atoms with Crippen molar-refractivity contribution in [1.82, 2.24) is 5.32 Å². The predicted molar refractivity (Wildman–Crippen MR) is 43.0 cm³/mol. The summed E-state index contributed by atoms with van der Waals surface area (Å²) in [6.07, 6.45) is 1.22. The van der Waals surface area contributed by atoms with Crippen LogP contribution >= 0.6 is 0 Å². The van der Waals surface area contributed by atoms with E-state index in [2.05, 4.69) is 33.0 Å². The van der Waals surface area contributed by atoms with Crippen LogP contribution in [0.1, 0.15) is 0 Å². The molecule has 0 aromatic heterocycles. The van der Waals surface area contributed by atoms with Gasteiger partial charge in [-0.25, -0.2) is 0 Å². The number of hydrogen-bond acceptors (Lipinski definition) is 1. The van der Waals surface area contributed by atoms with E-state index in [-0.39, 0.29) is 18.3 Å². The number of nitrogens with one attached hydrogen (secondary N) is 2. The average Bonchev–Trinajstić information content (AvgIpc) is 1.85. The summed E-state index contributed by atoms with van der Waals surface area (Å²) in [5.41, 5.74) is 0. The van der Waals surface area contributed by atoms with Gasteiger partial charge in [-0.05, 0) is 6.08 Å². The summed E-state index contributed by atoms with van der Waals surface area (Å²) in [7, 11) is 7.81. The zero-order valence-corrected chi connectivity index (χ0v) is 8.33. The summed E-state index contributed by atoms with van der Waals surface area (Å²) in [5, 5.41) is 2.36. The molecule has 0 saturated carbocycles. The van der Waals surface area contributed by atoms with Crippen molar-refractivity contribution in [2.24, 2.45) is 0 Å². The van der Waals surface area contributed by atoms with Crippen LogP contribution in [0.4, 0.5) is 0 Å². The highest BCUT2D eigenvalue weighted by molar-refractivity contribution is 5.86. The molecule has 11 heavy (non-hydrogen) atoms. The molecule has 4 heteroatoms. The van der Waals surface area contributed by atoms with E-state index in [0.717, 1.165) is 0 Å². The smallest absolute Gasteiger partial charge is 0.243 e. The Kier molecular flexibility index (Phi) is 18.6. The van der Waals surface area contributed by atoms with E-state index < -0.39 is 0 Å². The van der Waals surface area contributed by atoms with Crippen LogP contribution in [0.15, 0.2) is 12.7 Å². The van der Waals surface area contributed by atoms with Gasteiger partial charge in [-0.1, -0.05) is 6.58 Å². The molecule has 0 heterocycles. The molecule has 0 aromatic carbocycles. The van der Waals surface area contributed by atoms with Crippen LogP contribution in [-0.2, 0) is 4.79 Å². The minimum absolute atomic E-state index is 0. The lowest BCUT2D eigenvalue weighted by Crippen LogP contribution is -3.02. The number of rotatable bonds is 1. The predicted octanol–water partition coefficient (Wildman–Crippen LogP) is -4.32. The fraction of sp³-hybridized carbons (Fsp3) is 0.571. The summed E-state index contributed by atoms with van der Waals surface area (Å²) in [6.45, 7) is 3.22. The summed E-state index contributed by atoms with van der Waals surface area (Å²) in [6, 6.07) is 0. The van der Waals surface area contributed by atoms with Crippen molar-refractivity contribution in [2.45, 2.75) is 0 Å². The topological polar surface area (TPSA) is 33.5 Å². The average molecular weight is 181 g/mol. The highest BCUT2D eigenvalue weighted by Crippen LogP contribution is 1.56.